The van der Waals surface area contributed by atoms with E-state index in [2.05, 4.69) is 29.0 Å². The molecule has 1 aliphatic rings. The largest absolute Gasteiger partial charge is 0.397 e. The summed E-state index contributed by atoms with van der Waals surface area (Å²) in [5, 5.41) is 2.73. The molecule has 116 valence electrons. The average molecular weight is 294 g/mol. The highest BCUT2D eigenvalue weighted by molar-refractivity contribution is 5.95. The molecule has 0 atom stereocenters. The number of carbonyl (C=O) groups is 1. The highest BCUT2D eigenvalue weighted by atomic mass is 19.1. The van der Waals surface area contributed by atoms with Crippen molar-refractivity contribution in [1.29, 1.82) is 0 Å². The molecule has 1 heterocycles. The number of rotatable bonds is 4. The van der Waals surface area contributed by atoms with Gasteiger partial charge >= 0.3 is 0 Å². The summed E-state index contributed by atoms with van der Waals surface area (Å²) >= 11 is 0. The Morgan fingerprint density at radius 1 is 1.33 bits per heavy atom. The molecule has 1 amide bonds. The van der Waals surface area contributed by atoms with E-state index in [1.165, 1.54) is 18.2 Å². The molecule has 21 heavy (non-hydrogen) atoms. The van der Waals surface area contributed by atoms with Crippen LogP contribution < -0.4 is 11.1 Å². The summed E-state index contributed by atoms with van der Waals surface area (Å²) in [6.07, 6.45) is 0. The first-order valence-electron chi connectivity index (χ1n) is 7.27. The maximum absolute atomic E-state index is 13.0. The molecule has 1 saturated heterocycles. The second kappa shape index (κ2) is 6.87. The fourth-order valence-electron chi connectivity index (χ4n) is 2.48. The molecule has 1 aromatic carbocycles. The molecule has 1 fully saturated rings. The lowest BCUT2D eigenvalue weighted by Crippen LogP contribution is -2.50. The van der Waals surface area contributed by atoms with Crippen LogP contribution in [-0.2, 0) is 4.79 Å². The zero-order valence-corrected chi connectivity index (χ0v) is 12.6. The van der Waals surface area contributed by atoms with Gasteiger partial charge in [-0.3, -0.25) is 14.6 Å². The zero-order chi connectivity index (χ0) is 15.4. The van der Waals surface area contributed by atoms with E-state index in [0.29, 0.717) is 18.3 Å². The molecule has 1 aromatic rings. The first kappa shape index (κ1) is 15.7. The van der Waals surface area contributed by atoms with Gasteiger partial charge in [0.1, 0.15) is 5.82 Å². The number of hydrogen-bond acceptors (Lipinski definition) is 4. The predicted molar refractivity (Wildman–Crippen MR) is 82.6 cm³/mol. The summed E-state index contributed by atoms with van der Waals surface area (Å²) < 4.78 is 13.0. The average Bonchev–Trinajstić information content (AvgIpc) is 2.42. The van der Waals surface area contributed by atoms with Gasteiger partial charge in [-0.15, -0.1) is 0 Å². The van der Waals surface area contributed by atoms with E-state index in [0.717, 1.165) is 26.2 Å². The van der Waals surface area contributed by atoms with Gasteiger partial charge in [-0.05, 0) is 32.0 Å². The number of piperazine rings is 1. The van der Waals surface area contributed by atoms with E-state index in [1.54, 1.807) is 0 Å². The van der Waals surface area contributed by atoms with Crippen molar-refractivity contribution < 1.29 is 9.18 Å². The summed E-state index contributed by atoms with van der Waals surface area (Å²) in [5.74, 6) is -0.526. The second-order valence-corrected chi connectivity index (χ2v) is 5.69. The molecule has 0 unspecified atom stereocenters. The Morgan fingerprint density at radius 2 is 2.00 bits per heavy atom. The van der Waals surface area contributed by atoms with Crippen LogP contribution in [0.3, 0.4) is 0 Å². The number of hydrogen-bond donors (Lipinski definition) is 2. The van der Waals surface area contributed by atoms with Gasteiger partial charge in [-0.1, -0.05) is 0 Å². The summed E-state index contributed by atoms with van der Waals surface area (Å²) in [6, 6.07) is 4.52. The third-order valence-corrected chi connectivity index (χ3v) is 3.79. The van der Waals surface area contributed by atoms with Crippen LogP contribution in [0.1, 0.15) is 13.8 Å². The second-order valence-electron chi connectivity index (χ2n) is 5.69. The maximum Gasteiger partial charge on any atom is 0.238 e. The Balaban J connectivity index is 1.83. The quantitative estimate of drug-likeness (QED) is 0.824. The van der Waals surface area contributed by atoms with Gasteiger partial charge < -0.3 is 11.1 Å². The summed E-state index contributed by atoms with van der Waals surface area (Å²) in [4.78, 5) is 16.5. The van der Waals surface area contributed by atoms with E-state index >= 15 is 0 Å². The van der Waals surface area contributed by atoms with Crippen LogP contribution in [0, 0.1) is 5.82 Å². The van der Waals surface area contributed by atoms with Gasteiger partial charge in [-0.2, -0.15) is 0 Å². The lowest BCUT2D eigenvalue weighted by molar-refractivity contribution is -0.117. The Labute approximate surface area is 124 Å². The minimum absolute atomic E-state index is 0.119. The number of benzene rings is 1. The Bertz CT molecular complexity index is 498. The van der Waals surface area contributed by atoms with E-state index in [4.69, 9.17) is 5.73 Å². The van der Waals surface area contributed by atoms with E-state index < -0.39 is 5.82 Å². The number of carbonyl (C=O) groups excluding carboxylic acids is 1. The monoisotopic (exact) mass is 294 g/mol. The molecule has 3 N–H and O–H groups in total. The predicted octanol–water partition coefficient (Wildman–Crippen LogP) is 1.37. The fourth-order valence-corrected chi connectivity index (χ4v) is 2.48. The van der Waals surface area contributed by atoms with Crippen molar-refractivity contribution in [2.24, 2.45) is 0 Å². The van der Waals surface area contributed by atoms with Crippen LogP contribution in [0.25, 0.3) is 0 Å². The van der Waals surface area contributed by atoms with Gasteiger partial charge in [0.25, 0.3) is 0 Å². The number of nitrogen functional groups attached to an aromatic ring is 1. The summed E-state index contributed by atoms with van der Waals surface area (Å²) in [7, 11) is 0. The Hall–Kier alpha value is -1.66. The number of anilines is 2. The smallest absolute Gasteiger partial charge is 0.238 e. The van der Waals surface area contributed by atoms with Gasteiger partial charge in [-0.25, -0.2) is 4.39 Å². The Kier molecular flexibility index (Phi) is 5.14. The number of halogens is 1. The van der Waals surface area contributed by atoms with Crippen LogP contribution in [0.2, 0.25) is 0 Å². The first-order valence-corrected chi connectivity index (χ1v) is 7.27. The van der Waals surface area contributed by atoms with E-state index in [1.807, 2.05) is 0 Å². The number of nitrogens with two attached hydrogens (primary N) is 1. The first-order chi connectivity index (χ1) is 9.95. The molecule has 0 radical (unpaired) electrons. The van der Waals surface area contributed by atoms with Crippen LogP contribution in [0.5, 0.6) is 0 Å². The highest BCUT2D eigenvalue weighted by Crippen LogP contribution is 2.19. The normalized spacial score (nSPS) is 17.1. The van der Waals surface area contributed by atoms with Crippen LogP contribution >= 0.6 is 0 Å². The van der Waals surface area contributed by atoms with E-state index in [-0.39, 0.29) is 11.6 Å². The van der Waals surface area contributed by atoms with Crippen molar-refractivity contribution >= 4 is 17.3 Å². The molecule has 1 aliphatic heterocycles. The summed E-state index contributed by atoms with van der Waals surface area (Å²) in [6.45, 7) is 8.41. The van der Waals surface area contributed by atoms with Crippen molar-refractivity contribution in [2.75, 3.05) is 43.8 Å². The Morgan fingerprint density at radius 3 is 2.57 bits per heavy atom. The van der Waals surface area contributed by atoms with Gasteiger partial charge in [0.2, 0.25) is 5.91 Å². The lowest BCUT2D eigenvalue weighted by Gasteiger charge is -2.36. The minimum atomic E-state index is -0.407. The topological polar surface area (TPSA) is 61.6 Å². The van der Waals surface area contributed by atoms with Crippen LogP contribution in [-0.4, -0.2) is 54.5 Å². The lowest BCUT2D eigenvalue weighted by atomic mass is 10.2. The number of nitrogens with zero attached hydrogens (tertiary/aromatic N) is 2. The molecular formula is C15H23FN4O. The number of amides is 1. The molecule has 6 heteroatoms. The van der Waals surface area contributed by atoms with Crippen molar-refractivity contribution in [3.63, 3.8) is 0 Å². The standard InChI is InChI=1S/C15H23FN4O/c1-11(2)20-7-5-19(6-8-20)10-15(21)18-14-4-3-12(16)9-13(14)17/h3-4,9,11H,5-8,10,17H2,1-2H3,(H,18,21). The third-order valence-electron chi connectivity index (χ3n) is 3.79. The fraction of sp³-hybridized carbons (Fsp3) is 0.533. The van der Waals surface area contributed by atoms with Crippen molar-refractivity contribution in [3.05, 3.63) is 24.0 Å². The third kappa shape index (κ3) is 4.41. The summed E-state index contributed by atoms with van der Waals surface area (Å²) in [5.41, 5.74) is 6.38. The molecule has 2 rings (SSSR count). The van der Waals surface area contributed by atoms with Crippen LogP contribution in [0.4, 0.5) is 15.8 Å². The van der Waals surface area contributed by atoms with Gasteiger partial charge in [0.15, 0.2) is 0 Å². The molecule has 0 bridgehead atoms. The van der Waals surface area contributed by atoms with E-state index in [9.17, 15) is 9.18 Å². The van der Waals surface area contributed by atoms with Crippen molar-refractivity contribution in [1.82, 2.24) is 9.80 Å². The van der Waals surface area contributed by atoms with Gasteiger partial charge in [0.05, 0.1) is 17.9 Å². The van der Waals surface area contributed by atoms with Crippen molar-refractivity contribution in [3.8, 4) is 0 Å². The van der Waals surface area contributed by atoms with Gasteiger partial charge in [0, 0.05) is 32.2 Å². The van der Waals surface area contributed by atoms with Crippen molar-refractivity contribution in [2.45, 2.75) is 19.9 Å². The molecule has 0 aliphatic carbocycles. The highest BCUT2D eigenvalue weighted by Gasteiger charge is 2.20. The molecule has 0 aromatic heterocycles. The zero-order valence-electron chi connectivity index (χ0n) is 12.6. The number of nitrogens with one attached hydrogen (secondary N) is 1. The molecule has 0 spiro atoms. The van der Waals surface area contributed by atoms with Crippen LogP contribution in [0.15, 0.2) is 18.2 Å². The maximum atomic E-state index is 13.0. The minimum Gasteiger partial charge on any atom is -0.397 e. The SMILES string of the molecule is CC(C)N1CCN(CC(=O)Nc2ccc(F)cc2N)CC1. The molecule has 0 saturated carbocycles. The molecular weight excluding hydrogens is 271 g/mol. The molecule has 5 nitrogen and oxygen atoms in total.